The van der Waals surface area contributed by atoms with E-state index in [1.165, 1.54) is 21.7 Å². The molecular weight excluding hydrogens is 294 g/mol. The summed E-state index contributed by atoms with van der Waals surface area (Å²) in [6, 6.07) is 17.0. The Morgan fingerprint density at radius 2 is 1.92 bits per heavy atom. The van der Waals surface area contributed by atoms with Crippen LogP contribution >= 0.6 is 0 Å². The molecule has 0 bridgehead atoms. The van der Waals surface area contributed by atoms with Crippen molar-refractivity contribution in [2.45, 2.75) is 12.3 Å². The predicted molar refractivity (Wildman–Crippen MR) is 102 cm³/mol. The maximum absolute atomic E-state index is 6.18. The Kier molecular flexibility index (Phi) is 2.66. The molecule has 1 atom stereocenters. The predicted octanol–water partition coefficient (Wildman–Crippen LogP) is 6.34. The molecule has 1 N–H and O–H groups in total. The van der Waals surface area contributed by atoms with Gasteiger partial charge in [-0.15, -0.1) is 6.58 Å². The lowest BCUT2D eigenvalue weighted by Gasteiger charge is -2.09. The molecule has 0 aliphatic carbocycles. The number of rotatable bonds is 2. The van der Waals surface area contributed by atoms with E-state index in [1.54, 1.807) is 0 Å². The highest BCUT2D eigenvalue weighted by molar-refractivity contribution is 6.15. The highest BCUT2D eigenvalue weighted by atomic mass is 16.3. The topological polar surface area (TPSA) is 25.2 Å². The van der Waals surface area contributed by atoms with E-state index in [4.69, 9.17) is 4.42 Å². The quantitative estimate of drug-likeness (QED) is 0.437. The van der Waals surface area contributed by atoms with E-state index in [0.717, 1.165) is 34.4 Å². The molecule has 2 heteroatoms. The average molecular weight is 311 g/mol. The van der Waals surface area contributed by atoms with Gasteiger partial charge in [-0.3, -0.25) is 0 Å². The molecule has 1 aromatic heterocycles. The van der Waals surface area contributed by atoms with E-state index in [-0.39, 0.29) is 5.92 Å². The van der Waals surface area contributed by atoms with Crippen molar-refractivity contribution >= 4 is 38.4 Å². The second-order valence-corrected chi connectivity index (χ2v) is 6.43. The molecule has 3 aromatic carbocycles. The number of nitrogens with one attached hydrogen (secondary N) is 1. The van der Waals surface area contributed by atoms with Crippen LogP contribution in [-0.4, -0.2) is 0 Å². The van der Waals surface area contributed by atoms with Gasteiger partial charge in [-0.25, -0.2) is 0 Å². The molecule has 4 aromatic rings. The Hall–Kier alpha value is -3.00. The molecule has 116 valence electrons. The first-order valence-corrected chi connectivity index (χ1v) is 8.21. The molecule has 2 nitrogen and oxygen atoms in total. The van der Waals surface area contributed by atoms with Crippen LogP contribution in [0.4, 0.5) is 5.69 Å². The highest BCUT2D eigenvalue weighted by Gasteiger charge is 2.26. The summed E-state index contributed by atoms with van der Waals surface area (Å²) in [6.45, 7) is 8.06. The molecule has 1 aliphatic rings. The molecule has 0 spiro atoms. The van der Waals surface area contributed by atoms with Crippen molar-refractivity contribution in [2.24, 2.45) is 0 Å². The number of hydrogen-bond donors (Lipinski definition) is 1. The minimum absolute atomic E-state index is 0.279. The fraction of sp³-hybridized carbons (Fsp3) is 0.0909. The molecule has 1 unspecified atom stereocenters. The maximum atomic E-state index is 6.18. The zero-order valence-corrected chi connectivity index (χ0v) is 13.3. The smallest absolute Gasteiger partial charge is 0.143 e. The molecule has 0 radical (unpaired) electrons. The lowest BCUT2D eigenvalue weighted by molar-refractivity contribution is 0.672. The normalized spacial score (nSPS) is 16.7. The van der Waals surface area contributed by atoms with E-state index in [2.05, 4.69) is 54.9 Å². The Bertz CT molecular complexity index is 1150. The van der Waals surface area contributed by atoms with Gasteiger partial charge in [0.25, 0.3) is 0 Å². The Labute approximate surface area is 140 Å². The number of furan rings is 1. The van der Waals surface area contributed by atoms with Gasteiger partial charge in [-0.05, 0) is 41.6 Å². The summed E-state index contributed by atoms with van der Waals surface area (Å²) < 4.78 is 6.18. The first kappa shape index (κ1) is 13.4. The van der Waals surface area contributed by atoms with Crippen LogP contribution in [0.2, 0.25) is 0 Å². The number of fused-ring (bicyclic) bond motifs is 6. The van der Waals surface area contributed by atoms with Crippen LogP contribution in [0, 0.1) is 0 Å². The van der Waals surface area contributed by atoms with Crippen LogP contribution in [0.1, 0.15) is 17.9 Å². The van der Waals surface area contributed by atoms with Crippen LogP contribution < -0.4 is 5.32 Å². The van der Waals surface area contributed by atoms with Crippen molar-refractivity contribution in [3.63, 3.8) is 0 Å². The number of anilines is 1. The molecular formula is C22H17NO. The van der Waals surface area contributed by atoms with Gasteiger partial charge in [0.1, 0.15) is 11.2 Å². The van der Waals surface area contributed by atoms with Crippen LogP contribution in [0.15, 0.2) is 77.9 Å². The molecule has 5 rings (SSSR count). The van der Waals surface area contributed by atoms with Crippen molar-refractivity contribution in [2.75, 3.05) is 5.32 Å². The van der Waals surface area contributed by atoms with E-state index in [0.29, 0.717) is 0 Å². The Morgan fingerprint density at radius 3 is 2.79 bits per heavy atom. The highest BCUT2D eigenvalue weighted by Crippen LogP contribution is 2.44. The third-order valence-electron chi connectivity index (χ3n) is 5.02. The third-order valence-corrected chi connectivity index (χ3v) is 5.02. The van der Waals surface area contributed by atoms with Crippen LogP contribution in [-0.2, 0) is 0 Å². The molecule has 24 heavy (non-hydrogen) atoms. The van der Waals surface area contributed by atoms with Crippen molar-refractivity contribution in [3.8, 4) is 0 Å². The van der Waals surface area contributed by atoms with E-state index in [1.807, 2.05) is 18.2 Å². The second kappa shape index (κ2) is 4.75. The summed E-state index contributed by atoms with van der Waals surface area (Å²) in [7, 11) is 0. The van der Waals surface area contributed by atoms with Gasteiger partial charge in [-0.1, -0.05) is 36.9 Å². The van der Waals surface area contributed by atoms with Gasteiger partial charge < -0.3 is 9.73 Å². The summed E-state index contributed by atoms with van der Waals surface area (Å²) in [6.07, 6.45) is 2.85. The summed E-state index contributed by atoms with van der Waals surface area (Å²) in [5, 5.41) is 8.10. The largest absolute Gasteiger partial charge is 0.455 e. The van der Waals surface area contributed by atoms with Crippen molar-refractivity contribution < 1.29 is 4.42 Å². The van der Waals surface area contributed by atoms with Gasteiger partial charge >= 0.3 is 0 Å². The number of hydrogen-bond acceptors (Lipinski definition) is 2. The van der Waals surface area contributed by atoms with E-state index < -0.39 is 0 Å². The van der Waals surface area contributed by atoms with Gasteiger partial charge in [0, 0.05) is 33.5 Å². The fourth-order valence-electron chi connectivity index (χ4n) is 3.85. The summed E-state index contributed by atoms with van der Waals surface area (Å²) in [5.41, 5.74) is 5.37. The Balaban J connectivity index is 1.86. The van der Waals surface area contributed by atoms with Gasteiger partial charge in [0.05, 0.1) is 0 Å². The molecule has 2 heterocycles. The molecule has 0 fully saturated rings. The van der Waals surface area contributed by atoms with Gasteiger partial charge in [0.2, 0.25) is 0 Å². The van der Waals surface area contributed by atoms with E-state index >= 15 is 0 Å². The zero-order chi connectivity index (χ0) is 16.3. The standard InChI is InChI=1S/C22H17NO/c1-3-6-15-13(2)23-20-11-14-9-10-17-16-7-4-5-8-21(16)24-22(17)18(14)12-19(15)20/h3-5,7-12,15,23H,1-2,6H2. The lowest BCUT2D eigenvalue weighted by Crippen LogP contribution is -1.96. The number of para-hydroxylation sites is 1. The van der Waals surface area contributed by atoms with Crippen LogP contribution in [0.25, 0.3) is 32.7 Å². The average Bonchev–Trinajstić information content (AvgIpc) is 3.11. The molecule has 0 saturated heterocycles. The SMILES string of the molecule is C=CCC1C(=C)Nc2cc3ccc4c5ccccc5oc4c3cc21. The molecule has 0 amide bonds. The lowest BCUT2D eigenvalue weighted by atomic mass is 9.93. The van der Waals surface area contributed by atoms with Gasteiger partial charge in [0.15, 0.2) is 0 Å². The number of benzene rings is 3. The first-order valence-electron chi connectivity index (χ1n) is 8.21. The zero-order valence-electron chi connectivity index (χ0n) is 13.3. The maximum Gasteiger partial charge on any atom is 0.143 e. The van der Waals surface area contributed by atoms with Crippen molar-refractivity contribution in [1.29, 1.82) is 0 Å². The third kappa shape index (κ3) is 1.71. The molecule has 0 saturated carbocycles. The monoisotopic (exact) mass is 311 g/mol. The van der Waals surface area contributed by atoms with E-state index in [9.17, 15) is 0 Å². The fourth-order valence-corrected chi connectivity index (χ4v) is 3.85. The van der Waals surface area contributed by atoms with Crippen molar-refractivity contribution in [3.05, 3.63) is 79.0 Å². The van der Waals surface area contributed by atoms with Crippen LogP contribution in [0.5, 0.6) is 0 Å². The minimum atomic E-state index is 0.279. The van der Waals surface area contributed by atoms with Gasteiger partial charge in [-0.2, -0.15) is 0 Å². The molecule has 1 aliphatic heterocycles. The minimum Gasteiger partial charge on any atom is -0.455 e. The summed E-state index contributed by atoms with van der Waals surface area (Å²) in [4.78, 5) is 0. The number of allylic oxidation sites excluding steroid dienone is 2. The second-order valence-electron chi connectivity index (χ2n) is 6.43. The van der Waals surface area contributed by atoms with Crippen molar-refractivity contribution in [1.82, 2.24) is 0 Å². The first-order chi connectivity index (χ1) is 11.8. The summed E-state index contributed by atoms with van der Waals surface area (Å²) >= 11 is 0. The van der Waals surface area contributed by atoms with Crippen LogP contribution in [0.3, 0.4) is 0 Å². The Morgan fingerprint density at radius 1 is 1.04 bits per heavy atom. The summed E-state index contributed by atoms with van der Waals surface area (Å²) in [5.74, 6) is 0.279.